The maximum Gasteiger partial charge on any atom is 0.446 e. The van der Waals surface area contributed by atoms with Crippen molar-refractivity contribution in [3.05, 3.63) is 23.8 Å². The van der Waals surface area contributed by atoms with Crippen LogP contribution in [0.2, 0.25) is 0 Å². The van der Waals surface area contributed by atoms with Crippen molar-refractivity contribution >= 4 is 17.4 Å². The second kappa shape index (κ2) is 4.76. The first-order chi connectivity index (χ1) is 6.98. The zero-order chi connectivity index (χ0) is 11.5. The maximum atomic E-state index is 12.3. The summed E-state index contributed by atoms with van der Waals surface area (Å²) in [4.78, 5) is 0.148. The largest absolute Gasteiger partial charge is 0.446 e. The normalized spacial score (nSPS) is 11.5. The average molecular weight is 236 g/mol. The van der Waals surface area contributed by atoms with Gasteiger partial charge in [0.05, 0.1) is 5.69 Å². The van der Waals surface area contributed by atoms with E-state index in [0.29, 0.717) is 17.7 Å². The van der Waals surface area contributed by atoms with Crippen molar-refractivity contribution in [2.75, 3.05) is 5.43 Å². The molecule has 0 aliphatic rings. The van der Waals surface area contributed by atoms with E-state index in [1.165, 1.54) is 6.07 Å². The van der Waals surface area contributed by atoms with Gasteiger partial charge in [-0.25, -0.2) is 0 Å². The molecule has 0 saturated heterocycles. The van der Waals surface area contributed by atoms with Crippen molar-refractivity contribution in [2.45, 2.75) is 23.7 Å². The van der Waals surface area contributed by atoms with Crippen LogP contribution in [-0.2, 0) is 6.42 Å². The van der Waals surface area contributed by atoms with Gasteiger partial charge in [-0.1, -0.05) is 19.1 Å². The van der Waals surface area contributed by atoms with E-state index in [2.05, 4.69) is 5.43 Å². The number of hydrogen-bond donors (Lipinski definition) is 2. The van der Waals surface area contributed by atoms with E-state index in [-0.39, 0.29) is 16.7 Å². The summed E-state index contributed by atoms with van der Waals surface area (Å²) in [6.07, 6.45) is 0.536. The smallest absolute Gasteiger partial charge is 0.323 e. The van der Waals surface area contributed by atoms with Gasteiger partial charge in [-0.3, -0.25) is 5.84 Å². The first kappa shape index (κ1) is 12.2. The Labute approximate surface area is 90.0 Å². The summed E-state index contributed by atoms with van der Waals surface area (Å²) in [7, 11) is 0. The summed E-state index contributed by atoms with van der Waals surface area (Å²) in [6.45, 7) is 1.80. The minimum absolute atomic E-state index is 0.139. The summed E-state index contributed by atoms with van der Waals surface area (Å²) in [5, 5.41) is 0. The summed E-state index contributed by atoms with van der Waals surface area (Å²) < 4.78 is 36.8. The standard InChI is InChI=1S/C9H11F3N2S/c1-2-6-4-3-5-7(14-13)8(6)15-9(10,11)12/h3-5,14H,2,13H2,1H3. The fourth-order valence-corrected chi connectivity index (χ4v) is 2.03. The molecule has 0 radical (unpaired) electrons. The van der Waals surface area contributed by atoms with E-state index in [4.69, 9.17) is 5.84 Å². The van der Waals surface area contributed by atoms with E-state index in [0.717, 1.165) is 0 Å². The van der Waals surface area contributed by atoms with E-state index >= 15 is 0 Å². The molecule has 0 spiro atoms. The SMILES string of the molecule is CCc1cccc(NN)c1SC(F)(F)F. The van der Waals surface area contributed by atoms with Gasteiger partial charge in [-0.05, 0) is 29.8 Å². The number of alkyl halides is 3. The van der Waals surface area contributed by atoms with Gasteiger partial charge in [0.1, 0.15) is 0 Å². The summed E-state index contributed by atoms with van der Waals surface area (Å²) in [5.41, 5.74) is -1.09. The van der Waals surface area contributed by atoms with Crippen molar-refractivity contribution in [1.82, 2.24) is 0 Å². The molecular formula is C9H11F3N2S. The lowest BCUT2D eigenvalue weighted by Gasteiger charge is -2.14. The minimum atomic E-state index is -4.29. The topological polar surface area (TPSA) is 38.0 Å². The first-order valence-corrected chi connectivity index (χ1v) is 5.14. The lowest BCUT2D eigenvalue weighted by molar-refractivity contribution is -0.0328. The van der Waals surface area contributed by atoms with Crippen LogP contribution in [0.4, 0.5) is 18.9 Å². The Kier molecular flexibility index (Phi) is 3.87. The maximum absolute atomic E-state index is 12.3. The van der Waals surface area contributed by atoms with Crippen LogP contribution in [0.3, 0.4) is 0 Å². The Bertz CT molecular complexity index is 316. The van der Waals surface area contributed by atoms with Crippen LogP contribution in [0.25, 0.3) is 0 Å². The molecule has 0 saturated carbocycles. The number of halogens is 3. The molecule has 3 N–H and O–H groups in total. The fourth-order valence-electron chi connectivity index (χ4n) is 1.21. The molecule has 15 heavy (non-hydrogen) atoms. The highest BCUT2D eigenvalue weighted by Gasteiger charge is 2.31. The van der Waals surface area contributed by atoms with Crippen molar-refractivity contribution in [2.24, 2.45) is 5.84 Å². The molecule has 1 rings (SSSR count). The Balaban J connectivity index is 3.11. The lowest BCUT2D eigenvalue weighted by Crippen LogP contribution is -2.10. The number of nitrogen functional groups attached to an aromatic ring is 1. The molecule has 1 aromatic carbocycles. The molecule has 6 heteroatoms. The van der Waals surface area contributed by atoms with Crippen LogP contribution < -0.4 is 11.3 Å². The second-order valence-corrected chi connectivity index (χ2v) is 3.91. The molecule has 0 amide bonds. The van der Waals surface area contributed by atoms with Crippen LogP contribution in [0.5, 0.6) is 0 Å². The van der Waals surface area contributed by atoms with Gasteiger partial charge in [0.2, 0.25) is 0 Å². The zero-order valence-corrected chi connectivity index (χ0v) is 8.88. The Morgan fingerprint density at radius 1 is 1.40 bits per heavy atom. The van der Waals surface area contributed by atoms with Crippen LogP contribution in [0.15, 0.2) is 23.1 Å². The number of thioether (sulfide) groups is 1. The highest BCUT2D eigenvalue weighted by Crippen LogP contribution is 2.42. The van der Waals surface area contributed by atoms with Crippen LogP contribution >= 0.6 is 11.8 Å². The second-order valence-electron chi connectivity index (χ2n) is 2.84. The Morgan fingerprint density at radius 3 is 2.53 bits per heavy atom. The van der Waals surface area contributed by atoms with Crippen molar-refractivity contribution in [3.63, 3.8) is 0 Å². The van der Waals surface area contributed by atoms with Gasteiger partial charge in [0, 0.05) is 4.90 Å². The third kappa shape index (κ3) is 3.32. The molecule has 0 unspecified atom stereocenters. The summed E-state index contributed by atoms with van der Waals surface area (Å²) >= 11 is -0.139. The molecular weight excluding hydrogens is 225 g/mol. The number of rotatable bonds is 3. The predicted octanol–water partition coefficient (Wildman–Crippen LogP) is 3.15. The monoisotopic (exact) mass is 236 g/mol. The van der Waals surface area contributed by atoms with E-state index < -0.39 is 5.51 Å². The van der Waals surface area contributed by atoms with E-state index in [9.17, 15) is 13.2 Å². The zero-order valence-electron chi connectivity index (χ0n) is 8.06. The molecule has 0 bridgehead atoms. The molecule has 0 aromatic heterocycles. The van der Waals surface area contributed by atoms with Crippen molar-refractivity contribution in [1.29, 1.82) is 0 Å². The molecule has 0 fully saturated rings. The molecule has 1 aromatic rings. The summed E-state index contributed by atoms with van der Waals surface area (Å²) in [6, 6.07) is 4.86. The quantitative estimate of drug-likeness (QED) is 0.481. The molecule has 0 aliphatic carbocycles. The number of anilines is 1. The highest BCUT2D eigenvalue weighted by molar-refractivity contribution is 8.00. The molecule has 0 atom stereocenters. The number of nitrogens with one attached hydrogen (secondary N) is 1. The minimum Gasteiger partial charge on any atom is -0.323 e. The summed E-state index contributed by atoms with van der Waals surface area (Å²) in [5.74, 6) is 5.16. The molecule has 84 valence electrons. The van der Waals surface area contributed by atoms with Gasteiger partial charge >= 0.3 is 5.51 Å². The highest BCUT2D eigenvalue weighted by atomic mass is 32.2. The number of benzene rings is 1. The fraction of sp³-hybridized carbons (Fsp3) is 0.333. The number of hydrazine groups is 1. The average Bonchev–Trinajstić information content (AvgIpc) is 2.16. The van der Waals surface area contributed by atoms with Gasteiger partial charge in [-0.15, -0.1) is 0 Å². The third-order valence-electron chi connectivity index (χ3n) is 1.85. The lowest BCUT2D eigenvalue weighted by atomic mass is 10.1. The third-order valence-corrected chi connectivity index (χ3v) is 2.77. The Morgan fingerprint density at radius 2 is 2.07 bits per heavy atom. The molecule has 0 aliphatic heterocycles. The Hall–Kier alpha value is -0.880. The van der Waals surface area contributed by atoms with Gasteiger partial charge in [-0.2, -0.15) is 13.2 Å². The van der Waals surface area contributed by atoms with Gasteiger partial charge in [0.25, 0.3) is 0 Å². The predicted molar refractivity (Wildman–Crippen MR) is 55.5 cm³/mol. The van der Waals surface area contributed by atoms with Crippen LogP contribution in [0.1, 0.15) is 12.5 Å². The first-order valence-electron chi connectivity index (χ1n) is 4.32. The molecule has 2 nitrogen and oxygen atoms in total. The van der Waals surface area contributed by atoms with Crippen molar-refractivity contribution < 1.29 is 13.2 Å². The van der Waals surface area contributed by atoms with Gasteiger partial charge < -0.3 is 5.43 Å². The van der Waals surface area contributed by atoms with E-state index in [1.54, 1.807) is 19.1 Å². The van der Waals surface area contributed by atoms with Crippen LogP contribution in [0, 0.1) is 0 Å². The number of nitrogens with two attached hydrogens (primary N) is 1. The van der Waals surface area contributed by atoms with Gasteiger partial charge in [0.15, 0.2) is 0 Å². The number of aryl methyl sites for hydroxylation is 1. The van der Waals surface area contributed by atoms with E-state index in [1.807, 2.05) is 0 Å². The number of hydrogen-bond acceptors (Lipinski definition) is 3. The van der Waals surface area contributed by atoms with Crippen LogP contribution in [-0.4, -0.2) is 5.51 Å². The van der Waals surface area contributed by atoms with Crippen molar-refractivity contribution in [3.8, 4) is 0 Å². The molecule has 0 heterocycles.